The zero-order chi connectivity index (χ0) is 14.8. The van der Waals surface area contributed by atoms with E-state index in [9.17, 15) is 4.39 Å². The third kappa shape index (κ3) is 2.74. The van der Waals surface area contributed by atoms with E-state index >= 15 is 0 Å². The lowest BCUT2D eigenvalue weighted by Crippen LogP contribution is -1.96. The minimum absolute atomic E-state index is 0.267. The number of hydrogen-bond acceptors (Lipinski definition) is 1. The highest BCUT2D eigenvalue weighted by Gasteiger charge is 2.10. The second kappa shape index (κ2) is 5.78. The van der Waals surface area contributed by atoms with Crippen LogP contribution in [-0.2, 0) is 13.2 Å². The van der Waals surface area contributed by atoms with Crippen LogP contribution in [0.5, 0.6) is 5.75 Å². The summed E-state index contributed by atoms with van der Waals surface area (Å²) >= 11 is 6.06. The van der Waals surface area contributed by atoms with Crippen LogP contribution in [-0.4, -0.2) is 4.57 Å². The average Bonchev–Trinajstić information content (AvgIpc) is 2.83. The first-order chi connectivity index (χ1) is 10.2. The molecule has 0 aliphatic heterocycles. The van der Waals surface area contributed by atoms with Gasteiger partial charge in [0.05, 0.1) is 0 Å². The Morgan fingerprint density at radius 2 is 2.00 bits per heavy atom. The molecule has 0 aliphatic rings. The van der Waals surface area contributed by atoms with Crippen molar-refractivity contribution in [3.05, 3.63) is 65.1 Å². The summed E-state index contributed by atoms with van der Waals surface area (Å²) in [5.41, 5.74) is 2.09. The molecule has 0 spiro atoms. The molecule has 0 fully saturated rings. The van der Waals surface area contributed by atoms with Crippen molar-refractivity contribution in [3.8, 4) is 5.75 Å². The molecule has 1 aromatic heterocycles. The van der Waals surface area contributed by atoms with E-state index in [4.69, 9.17) is 16.3 Å². The first kappa shape index (κ1) is 14.0. The van der Waals surface area contributed by atoms with Gasteiger partial charge in [0.1, 0.15) is 6.61 Å². The van der Waals surface area contributed by atoms with Gasteiger partial charge in [-0.25, -0.2) is 4.39 Å². The number of halogens is 2. The first-order valence-electron chi connectivity index (χ1n) is 6.83. The molecule has 0 unspecified atom stereocenters. The maximum Gasteiger partial charge on any atom is 0.165 e. The summed E-state index contributed by atoms with van der Waals surface area (Å²) in [6.07, 6.45) is 2.03. The summed E-state index contributed by atoms with van der Waals surface area (Å²) in [5, 5.41) is 1.79. The van der Waals surface area contributed by atoms with Crippen molar-refractivity contribution in [3.63, 3.8) is 0 Å². The zero-order valence-corrected chi connectivity index (χ0v) is 12.4. The fourth-order valence-corrected chi connectivity index (χ4v) is 2.60. The lowest BCUT2D eigenvalue weighted by molar-refractivity contribution is 0.291. The van der Waals surface area contributed by atoms with E-state index in [2.05, 4.69) is 11.5 Å². The van der Waals surface area contributed by atoms with Crippen LogP contribution < -0.4 is 4.74 Å². The highest BCUT2D eigenvalue weighted by Crippen LogP contribution is 2.26. The van der Waals surface area contributed by atoms with Gasteiger partial charge < -0.3 is 9.30 Å². The quantitative estimate of drug-likeness (QED) is 0.659. The Bertz CT molecular complexity index is 782. The highest BCUT2D eigenvalue weighted by atomic mass is 35.5. The van der Waals surface area contributed by atoms with Crippen molar-refractivity contribution in [2.75, 3.05) is 0 Å². The van der Waals surface area contributed by atoms with Crippen LogP contribution in [0.1, 0.15) is 12.5 Å². The Kier molecular flexibility index (Phi) is 3.84. The van der Waals surface area contributed by atoms with E-state index in [1.165, 1.54) is 6.07 Å². The predicted octanol–water partition coefficient (Wildman–Crippen LogP) is 5.03. The van der Waals surface area contributed by atoms with Gasteiger partial charge in [0.15, 0.2) is 11.6 Å². The molecule has 2 nitrogen and oxygen atoms in total. The molecular weight excluding hydrogens is 289 g/mol. The van der Waals surface area contributed by atoms with Gasteiger partial charge in [-0.3, -0.25) is 0 Å². The molecule has 0 radical (unpaired) electrons. The number of hydrogen-bond donors (Lipinski definition) is 0. The fourth-order valence-electron chi connectivity index (χ4n) is 2.44. The minimum atomic E-state index is -0.347. The van der Waals surface area contributed by atoms with Gasteiger partial charge >= 0.3 is 0 Å². The van der Waals surface area contributed by atoms with Gasteiger partial charge in [-0.15, -0.1) is 0 Å². The third-order valence-electron chi connectivity index (χ3n) is 3.49. The number of fused-ring (bicyclic) bond motifs is 1. The maximum atomic E-state index is 13.6. The summed E-state index contributed by atoms with van der Waals surface area (Å²) in [7, 11) is 0. The lowest BCUT2D eigenvalue weighted by atomic mass is 10.2. The molecule has 0 N–H and O–H groups in total. The van der Waals surface area contributed by atoms with Crippen LogP contribution >= 0.6 is 11.6 Å². The van der Waals surface area contributed by atoms with Crippen molar-refractivity contribution in [2.45, 2.75) is 20.1 Å². The zero-order valence-electron chi connectivity index (χ0n) is 11.6. The second-order valence-corrected chi connectivity index (χ2v) is 5.26. The van der Waals surface area contributed by atoms with Crippen molar-refractivity contribution in [2.24, 2.45) is 0 Å². The van der Waals surface area contributed by atoms with Gasteiger partial charge in [0, 0.05) is 34.2 Å². The van der Waals surface area contributed by atoms with E-state index in [0.29, 0.717) is 11.6 Å². The molecular formula is C17H15ClFNO. The van der Waals surface area contributed by atoms with Crippen LogP contribution in [0.2, 0.25) is 5.02 Å². The molecule has 108 valence electrons. The van der Waals surface area contributed by atoms with E-state index in [-0.39, 0.29) is 11.6 Å². The highest BCUT2D eigenvalue weighted by molar-refractivity contribution is 6.31. The molecule has 4 heteroatoms. The van der Waals surface area contributed by atoms with Crippen LogP contribution in [0.3, 0.4) is 0 Å². The third-order valence-corrected chi connectivity index (χ3v) is 3.72. The number of benzene rings is 2. The van der Waals surface area contributed by atoms with Crippen molar-refractivity contribution in [1.82, 2.24) is 4.57 Å². The summed E-state index contributed by atoms with van der Waals surface area (Å²) in [4.78, 5) is 0. The largest absolute Gasteiger partial charge is 0.486 e. The van der Waals surface area contributed by atoms with Crippen molar-refractivity contribution < 1.29 is 9.13 Å². The Hall–Kier alpha value is -2.00. The molecule has 0 bridgehead atoms. The van der Waals surface area contributed by atoms with E-state index in [1.54, 1.807) is 18.2 Å². The van der Waals surface area contributed by atoms with Gasteiger partial charge in [-0.1, -0.05) is 29.8 Å². The van der Waals surface area contributed by atoms with Gasteiger partial charge in [0.25, 0.3) is 0 Å². The molecule has 3 rings (SSSR count). The minimum Gasteiger partial charge on any atom is -0.486 e. The standard InChI is InChI=1S/C17H15ClFNO/c1-2-20-10-12(14-8-7-13(18)9-16(14)20)11-21-17-6-4-3-5-15(17)19/h3-10H,2,11H2,1H3. The SMILES string of the molecule is CCn1cc(COc2ccccc2F)c2ccc(Cl)cc21. The number of para-hydroxylation sites is 1. The van der Waals surface area contributed by atoms with Crippen molar-refractivity contribution in [1.29, 1.82) is 0 Å². The normalized spacial score (nSPS) is 11.0. The van der Waals surface area contributed by atoms with E-state index < -0.39 is 0 Å². The first-order valence-corrected chi connectivity index (χ1v) is 7.21. The van der Waals surface area contributed by atoms with Crippen molar-refractivity contribution >= 4 is 22.5 Å². The fraction of sp³-hybridized carbons (Fsp3) is 0.176. The maximum absolute atomic E-state index is 13.6. The Morgan fingerprint density at radius 1 is 1.19 bits per heavy atom. The number of aryl methyl sites for hydroxylation is 1. The lowest BCUT2D eigenvalue weighted by Gasteiger charge is -2.06. The van der Waals surface area contributed by atoms with Crippen LogP contribution in [0.15, 0.2) is 48.7 Å². The van der Waals surface area contributed by atoms with Gasteiger partial charge in [-0.2, -0.15) is 0 Å². The molecule has 1 heterocycles. The molecule has 0 atom stereocenters. The molecule has 21 heavy (non-hydrogen) atoms. The average molecular weight is 304 g/mol. The topological polar surface area (TPSA) is 14.2 Å². The Balaban J connectivity index is 1.92. The summed E-state index contributed by atoms with van der Waals surface area (Å²) in [5.74, 6) is -0.0800. The van der Waals surface area contributed by atoms with Gasteiger partial charge in [0.2, 0.25) is 0 Å². The summed E-state index contributed by atoms with van der Waals surface area (Å²) in [6, 6.07) is 12.2. The molecule has 0 saturated carbocycles. The smallest absolute Gasteiger partial charge is 0.165 e. The number of rotatable bonds is 4. The number of nitrogens with zero attached hydrogens (tertiary/aromatic N) is 1. The van der Waals surface area contributed by atoms with Gasteiger partial charge in [-0.05, 0) is 31.2 Å². The molecule has 3 aromatic rings. The van der Waals surface area contributed by atoms with E-state index in [0.717, 1.165) is 23.0 Å². The monoisotopic (exact) mass is 303 g/mol. The summed E-state index contributed by atoms with van der Waals surface area (Å²) < 4.78 is 21.3. The molecule has 0 aliphatic carbocycles. The molecule has 2 aromatic carbocycles. The Morgan fingerprint density at radius 3 is 2.76 bits per heavy atom. The van der Waals surface area contributed by atoms with Crippen LogP contribution in [0, 0.1) is 5.82 Å². The summed E-state index contributed by atoms with van der Waals surface area (Å²) in [6.45, 7) is 3.24. The Labute approximate surface area is 127 Å². The van der Waals surface area contributed by atoms with Crippen LogP contribution in [0.4, 0.5) is 4.39 Å². The van der Waals surface area contributed by atoms with Crippen LogP contribution in [0.25, 0.3) is 10.9 Å². The van der Waals surface area contributed by atoms with E-state index in [1.807, 2.05) is 24.4 Å². The number of ether oxygens (including phenoxy) is 1. The number of aromatic nitrogens is 1. The predicted molar refractivity (Wildman–Crippen MR) is 83.4 cm³/mol. The molecule has 0 saturated heterocycles. The molecule has 0 amide bonds. The second-order valence-electron chi connectivity index (χ2n) is 4.82.